The Hall–Kier alpha value is -6.33. The van der Waals surface area contributed by atoms with Gasteiger partial charge in [0.1, 0.15) is 4.90 Å². The molecule has 0 aromatic heterocycles. The summed E-state index contributed by atoms with van der Waals surface area (Å²) in [6.07, 6.45) is 0. The van der Waals surface area contributed by atoms with Gasteiger partial charge in [0.05, 0.1) is 0 Å². The largest absolute Gasteiger partial charge is 0.295 e. The minimum absolute atomic E-state index is 0.0643. The monoisotopic (exact) mass is 680 g/mol. The van der Waals surface area contributed by atoms with Gasteiger partial charge in [-0.25, -0.2) is 0 Å². The molecule has 0 radical (unpaired) electrons. The molecule has 0 unspecified atom stereocenters. The summed E-state index contributed by atoms with van der Waals surface area (Å²) in [6.45, 7) is 0. The predicted molar refractivity (Wildman–Crippen MR) is 220 cm³/mol. The van der Waals surface area contributed by atoms with Crippen LogP contribution in [0.4, 0.5) is 0 Å². The van der Waals surface area contributed by atoms with Crippen molar-refractivity contribution in [1.82, 2.24) is 0 Å². The molecule has 0 saturated heterocycles. The number of rotatable bonds is 1. The van der Waals surface area contributed by atoms with Crippen LogP contribution in [0.25, 0.3) is 129 Å². The Balaban J connectivity index is 1.61. The van der Waals surface area contributed by atoms with E-state index in [0.29, 0.717) is 5.39 Å². The Morgan fingerprint density at radius 1 is 0.250 bits per heavy atom. The Labute approximate surface area is 295 Å². The van der Waals surface area contributed by atoms with Gasteiger partial charge in [-0.1, -0.05) is 133 Å². The lowest BCUT2D eigenvalue weighted by Gasteiger charge is -2.28. The van der Waals surface area contributed by atoms with Gasteiger partial charge >= 0.3 is 0 Å². The summed E-state index contributed by atoms with van der Waals surface area (Å²) < 4.78 is 37.8. The fourth-order valence-electron chi connectivity index (χ4n) is 10.5. The van der Waals surface area contributed by atoms with Gasteiger partial charge in [-0.2, -0.15) is 8.42 Å². The van der Waals surface area contributed by atoms with Crippen LogP contribution in [0.15, 0.2) is 144 Å². The van der Waals surface area contributed by atoms with E-state index in [1.807, 2.05) is 12.1 Å². The molecule has 13 aromatic carbocycles. The van der Waals surface area contributed by atoms with Gasteiger partial charge in [-0.3, -0.25) is 4.55 Å². The zero-order valence-corrected chi connectivity index (χ0v) is 28.3. The molecule has 0 aliphatic rings. The average Bonchev–Trinajstić information content (AvgIpc) is 3.18. The van der Waals surface area contributed by atoms with E-state index < -0.39 is 10.1 Å². The zero-order valence-electron chi connectivity index (χ0n) is 27.5. The highest BCUT2D eigenvalue weighted by atomic mass is 32.2. The van der Waals surface area contributed by atoms with Crippen molar-refractivity contribution in [2.75, 3.05) is 0 Å². The third-order valence-corrected chi connectivity index (χ3v) is 13.0. The third kappa shape index (κ3) is 2.93. The van der Waals surface area contributed by atoms with Gasteiger partial charge in [-0.05, 0) is 125 Å². The summed E-state index contributed by atoms with van der Waals surface area (Å²) >= 11 is 0. The lowest BCUT2D eigenvalue weighted by Crippen LogP contribution is -2.02. The molecule has 0 fully saturated rings. The maximum absolute atomic E-state index is 13.4. The molecule has 240 valence electrons. The van der Waals surface area contributed by atoms with Gasteiger partial charge in [-0.15, -0.1) is 0 Å². The SMILES string of the molecule is O=S(=O)(O)c1cccc2c1c1c3ccccc3c3c4ccccc4c4c5ccccc5c5c6ccccc6c6c7ccccc7c2c2c6c5c4c3c12. The highest BCUT2D eigenvalue weighted by molar-refractivity contribution is 7.86. The summed E-state index contributed by atoms with van der Waals surface area (Å²) in [5.41, 5.74) is 0. The Morgan fingerprint density at radius 3 is 0.769 bits per heavy atom. The fourth-order valence-corrected chi connectivity index (χ4v) is 11.2. The van der Waals surface area contributed by atoms with E-state index in [-0.39, 0.29) is 4.90 Å². The molecule has 0 spiro atoms. The van der Waals surface area contributed by atoms with Crippen LogP contribution in [0, 0.1) is 0 Å². The molecular weight excluding hydrogens is 657 g/mol. The van der Waals surface area contributed by atoms with Crippen molar-refractivity contribution < 1.29 is 13.0 Å². The molecule has 4 heteroatoms. The summed E-state index contributed by atoms with van der Waals surface area (Å²) in [4.78, 5) is -0.0643. The van der Waals surface area contributed by atoms with Crippen LogP contribution in [0.3, 0.4) is 0 Å². The average molecular weight is 681 g/mol. The van der Waals surface area contributed by atoms with E-state index in [1.54, 1.807) is 12.1 Å². The molecule has 0 heterocycles. The van der Waals surface area contributed by atoms with Crippen molar-refractivity contribution in [2.45, 2.75) is 4.90 Å². The molecule has 1 N–H and O–H groups in total. The molecule has 0 aliphatic carbocycles. The highest BCUT2D eigenvalue weighted by Gasteiger charge is 2.31. The molecule has 13 aromatic rings. The molecule has 13 rings (SSSR count). The topological polar surface area (TPSA) is 54.4 Å². The van der Waals surface area contributed by atoms with Crippen molar-refractivity contribution in [1.29, 1.82) is 0 Å². The minimum Gasteiger partial charge on any atom is -0.282 e. The fraction of sp³-hybridized carbons (Fsp3) is 0. The van der Waals surface area contributed by atoms with E-state index >= 15 is 0 Å². The molecule has 0 atom stereocenters. The summed E-state index contributed by atoms with van der Waals surface area (Å²) in [7, 11) is -4.60. The van der Waals surface area contributed by atoms with Gasteiger partial charge < -0.3 is 0 Å². The van der Waals surface area contributed by atoms with Gasteiger partial charge in [0, 0.05) is 10.8 Å². The molecule has 3 nitrogen and oxygen atoms in total. The van der Waals surface area contributed by atoms with Crippen LogP contribution in [-0.2, 0) is 10.1 Å². The lowest BCUT2D eigenvalue weighted by molar-refractivity contribution is 0.484. The summed E-state index contributed by atoms with van der Waals surface area (Å²) in [5.74, 6) is 0. The normalized spacial score (nSPS) is 13.2. The van der Waals surface area contributed by atoms with Gasteiger partial charge in [0.15, 0.2) is 0 Å². The van der Waals surface area contributed by atoms with Crippen LogP contribution in [-0.4, -0.2) is 13.0 Å². The van der Waals surface area contributed by atoms with Crippen molar-refractivity contribution in [3.63, 3.8) is 0 Å². The van der Waals surface area contributed by atoms with Crippen molar-refractivity contribution in [3.8, 4) is 0 Å². The van der Waals surface area contributed by atoms with Crippen LogP contribution >= 0.6 is 0 Å². The molecule has 0 amide bonds. The van der Waals surface area contributed by atoms with Gasteiger partial charge in [0.2, 0.25) is 0 Å². The van der Waals surface area contributed by atoms with Crippen LogP contribution < -0.4 is 0 Å². The first-order chi connectivity index (χ1) is 25.5. The summed E-state index contributed by atoms with van der Waals surface area (Å²) in [6, 6.07) is 48.8. The van der Waals surface area contributed by atoms with Crippen LogP contribution in [0.2, 0.25) is 0 Å². The minimum atomic E-state index is -4.60. The van der Waals surface area contributed by atoms with E-state index in [1.165, 1.54) is 70.0 Å². The zero-order chi connectivity index (χ0) is 34.2. The van der Waals surface area contributed by atoms with Crippen molar-refractivity contribution in [2.24, 2.45) is 0 Å². The Bertz CT molecular complexity index is 3760. The lowest BCUT2D eigenvalue weighted by atomic mass is 9.74. The maximum atomic E-state index is 13.4. The van der Waals surface area contributed by atoms with Crippen LogP contribution in [0.5, 0.6) is 0 Å². The first-order valence-electron chi connectivity index (χ1n) is 17.6. The Kier molecular flexibility index (Phi) is 4.71. The molecular formula is C48H24O3S. The standard InChI is InChI=1S/C48H24O3S/c49-52(50,51)35-23-11-22-34-40-31-19-8-7-18-30(31)38-27-15-4-2-13-25(27)36-24-12-1-3-14-26(24)37-28-16-5-6-17-29(28)39-32-20-9-10-21-33(32)42(41(34)35)48-46(39)44(37)43(36)45(38)47(40)48/h1-23H,(H,49,50,51). The quantitative estimate of drug-likeness (QED) is 0.107. The van der Waals surface area contributed by atoms with Gasteiger partial charge in [0.25, 0.3) is 10.1 Å². The number of benzene rings is 13. The number of hydrogen-bond acceptors (Lipinski definition) is 2. The second-order valence-electron chi connectivity index (χ2n) is 14.4. The van der Waals surface area contributed by atoms with Crippen molar-refractivity contribution in [3.05, 3.63) is 140 Å². The highest BCUT2D eigenvalue weighted by Crippen LogP contribution is 2.59. The van der Waals surface area contributed by atoms with E-state index in [9.17, 15) is 13.0 Å². The molecule has 52 heavy (non-hydrogen) atoms. The van der Waals surface area contributed by atoms with Crippen LogP contribution in [0.1, 0.15) is 0 Å². The maximum Gasteiger partial charge on any atom is 0.295 e. The second-order valence-corrected chi connectivity index (χ2v) is 15.8. The molecule has 0 aliphatic heterocycles. The second kappa shape index (κ2) is 8.93. The number of hydrogen-bond donors (Lipinski definition) is 1. The smallest absolute Gasteiger partial charge is 0.282 e. The molecule has 0 saturated carbocycles. The Morgan fingerprint density at radius 2 is 0.481 bits per heavy atom. The van der Waals surface area contributed by atoms with E-state index in [2.05, 4.69) is 115 Å². The summed E-state index contributed by atoms with van der Waals surface area (Å²) in [5, 5.41) is 26.6. The first-order valence-corrected chi connectivity index (χ1v) is 19.0. The third-order valence-electron chi connectivity index (χ3n) is 12.2. The first kappa shape index (κ1) is 27.4. The van der Waals surface area contributed by atoms with Crippen molar-refractivity contribution >= 4 is 139 Å². The predicted octanol–water partition coefficient (Wildman–Crippen LogP) is 13.1. The van der Waals surface area contributed by atoms with E-state index in [4.69, 9.17) is 0 Å². The number of fused-ring (bicyclic) bond motifs is 18. The molecule has 0 bridgehead atoms. The van der Waals surface area contributed by atoms with E-state index in [0.717, 1.165) is 53.9 Å².